The van der Waals surface area contributed by atoms with E-state index >= 15 is 0 Å². The van der Waals surface area contributed by atoms with Crippen molar-refractivity contribution in [2.45, 2.75) is 88.8 Å². The maximum atomic E-state index is 6.29. The van der Waals surface area contributed by atoms with Crippen molar-refractivity contribution in [1.29, 1.82) is 0 Å². The van der Waals surface area contributed by atoms with Gasteiger partial charge in [-0.15, -0.1) is 0 Å². The van der Waals surface area contributed by atoms with E-state index in [1.165, 1.54) is 76.4 Å². The molecule has 102 valence electrons. The predicted octanol–water partition coefficient (Wildman–Crippen LogP) is 4.74. The zero-order chi connectivity index (χ0) is 12.3. The van der Waals surface area contributed by atoms with Crippen molar-refractivity contribution < 1.29 is 0 Å². The van der Waals surface area contributed by atoms with E-state index in [0.717, 1.165) is 5.25 Å². The summed E-state index contributed by atoms with van der Waals surface area (Å²) in [6.07, 6.45) is 15.2. The summed E-state index contributed by atoms with van der Waals surface area (Å²) in [5.74, 6) is 1.34. The van der Waals surface area contributed by atoms with E-state index in [0.29, 0.717) is 6.04 Å². The van der Waals surface area contributed by atoms with Crippen LogP contribution < -0.4 is 5.73 Å². The normalized spacial score (nSPS) is 22.6. The van der Waals surface area contributed by atoms with Crippen LogP contribution in [0.5, 0.6) is 0 Å². The maximum Gasteiger partial charge on any atom is 0.0199 e. The van der Waals surface area contributed by atoms with Crippen molar-refractivity contribution in [3.05, 3.63) is 0 Å². The number of thioether (sulfide) groups is 1. The van der Waals surface area contributed by atoms with Crippen LogP contribution in [0.25, 0.3) is 0 Å². The first-order chi connectivity index (χ1) is 8.34. The van der Waals surface area contributed by atoms with Crippen molar-refractivity contribution in [2.24, 2.45) is 5.73 Å². The average molecular weight is 257 g/mol. The molecule has 0 aromatic carbocycles. The van der Waals surface area contributed by atoms with Gasteiger partial charge in [0.25, 0.3) is 0 Å². The Labute approximate surface area is 112 Å². The number of hydrogen-bond donors (Lipinski definition) is 1. The Balaban J connectivity index is 1.90. The topological polar surface area (TPSA) is 26.0 Å². The summed E-state index contributed by atoms with van der Waals surface area (Å²) in [5.41, 5.74) is 6.29. The lowest BCUT2D eigenvalue weighted by atomic mass is 10.0. The molecule has 2 N–H and O–H groups in total. The molecule has 1 fully saturated rings. The Bertz CT molecular complexity index is 166. The fraction of sp³-hybridized carbons (Fsp3) is 1.00. The lowest BCUT2D eigenvalue weighted by Gasteiger charge is -2.27. The minimum Gasteiger partial charge on any atom is -0.327 e. The molecule has 0 aromatic heterocycles. The second-order valence-electron chi connectivity index (χ2n) is 5.48. The summed E-state index contributed by atoms with van der Waals surface area (Å²) < 4.78 is 0. The zero-order valence-corrected chi connectivity index (χ0v) is 12.4. The van der Waals surface area contributed by atoms with Gasteiger partial charge in [0.2, 0.25) is 0 Å². The first-order valence-electron chi connectivity index (χ1n) is 7.71. The standard InChI is InChI=1S/C15H31NS/c1-2-3-4-5-6-7-8-11-14(16)15-12-9-10-13-17-15/h14-15H,2-13,16H2,1H3. The second-order valence-corrected chi connectivity index (χ2v) is 6.83. The number of rotatable bonds is 9. The van der Waals surface area contributed by atoms with Gasteiger partial charge in [-0.05, 0) is 25.0 Å². The Morgan fingerprint density at radius 3 is 2.41 bits per heavy atom. The molecule has 1 nitrogen and oxygen atoms in total. The van der Waals surface area contributed by atoms with Gasteiger partial charge < -0.3 is 5.73 Å². The highest BCUT2D eigenvalue weighted by atomic mass is 32.2. The van der Waals surface area contributed by atoms with E-state index < -0.39 is 0 Å². The minimum absolute atomic E-state index is 0.468. The Kier molecular flexibility index (Phi) is 9.27. The van der Waals surface area contributed by atoms with Crippen LogP contribution in [0.3, 0.4) is 0 Å². The van der Waals surface area contributed by atoms with Crippen molar-refractivity contribution in [3.63, 3.8) is 0 Å². The fourth-order valence-corrected chi connectivity index (χ4v) is 4.02. The molecule has 0 spiro atoms. The zero-order valence-electron chi connectivity index (χ0n) is 11.6. The van der Waals surface area contributed by atoms with Crippen LogP contribution >= 0.6 is 11.8 Å². The van der Waals surface area contributed by atoms with Gasteiger partial charge in [-0.1, -0.05) is 58.3 Å². The van der Waals surface area contributed by atoms with Crippen molar-refractivity contribution in [1.82, 2.24) is 0 Å². The van der Waals surface area contributed by atoms with Crippen LogP contribution in [0, 0.1) is 0 Å². The molecule has 0 amide bonds. The highest BCUT2D eigenvalue weighted by molar-refractivity contribution is 8.00. The van der Waals surface area contributed by atoms with Crippen LogP contribution in [-0.4, -0.2) is 17.0 Å². The average Bonchev–Trinajstić information content (AvgIpc) is 2.38. The van der Waals surface area contributed by atoms with Gasteiger partial charge in [-0.25, -0.2) is 0 Å². The highest BCUT2D eigenvalue weighted by Gasteiger charge is 2.20. The Hall–Kier alpha value is 0.310. The lowest BCUT2D eigenvalue weighted by Crippen LogP contribution is -2.34. The third-order valence-electron chi connectivity index (χ3n) is 3.83. The van der Waals surface area contributed by atoms with Crippen LogP contribution in [0.2, 0.25) is 0 Å². The summed E-state index contributed by atoms with van der Waals surface area (Å²) in [6.45, 7) is 2.28. The molecule has 0 aliphatic carbocycles. The molecule has 0 radical (unpaired) electrons. The Morgan fingerprint density at radius 2 is 1.76 bits per heavy atom. The van der Waals surface area contributed by atoms with Crippen molar-refractivity contribution >= 4 is 11.8 Å². The van der Waals surface area contributed by atoms with Crippen LogP contribution in [-0.2, 0) is 0 Å². The van der Waals surface area contributed by atoms with Crippen LogP contribution in [0.15, 0.2) is 0 Å². The van der Waals surface area contributed by atoms with Gasteiger partial charge in [-0.3, -0.25) is 0 Å². The monoisotopic (exact) mass is 257 g/mol. The predicted molar refractivity (Wildman–Crippen MR) is 80.7 cm³/mol. The van der Waals surface area contributed by atoms with Gasteiger partial charge in [0.15, 0.2) is 0 Å². The smallest absolute Gasteiger partial charge is 0.0199 e. The summed E-state index contributed by atoms with van der Waals surface area (Å²) in [7, 11) is 0. The Morgan fingerprint density at radius 1 is 1.06 bits per heavy atom. The molecule has 1 heterocycles. The van der Waals surface area contributed by atoms with Gasteiger partial charge >= 0.3 is 0 Å². The first-order valence-corrected chi connectivity index (χ1v) is 8.76. The summed E-state index contributed by atoms with van der Waals surface area (Å²) in [4.78, 5) is 0. The molecule has 0 aromatic rings. The third kappa shape index (κ3) is 7.35. The summed E-state index contributed by atoms with van der Waals surface area (Å²) in [6, 6.07) is 0.468. The first kappa shape index (κ1) is 15.4. The van der Waals surface area contributed by atoms with E-state index in [1.54, 1.807) is 0 Å². The molecule has 17 heavy (non-hydrogen) atoms. The van der Waals surface area contributed by atoms with Crippen LogP contribution in [0.1, 0.15) is 77.6 Å². The third-order valence-corrected chi connectivity index (χ3v) is 5.37. The number of unbranched alkanes of at least 4 members (excludes halogenated alkanes) is 6. The highest BCUT2D eigenvalue weighted by Crippen LogP contribution is 2.28. The van der Waals surface area contributed by atoms with Crippen molar-refractivity contribution in [2.75, 3.05) is 5.75 Å². The van der Waals surface area contributed by atoms with Gasteiger partial charge in [0, 0.05) is 11.3 Å². The van der Waals surface area contributed by atoms with E-state index in [-0.39, 0.29) is 0 Å². The van der Waals surface area contributed by atoms with Gasteiger partial charge in [0.1, 0.15) is 0 Å². The number of hydrogen-bond acceptors (Lipinski definition) is 2. The SMILES string of the molecule is CCCCCCCCCC(N)C1CCCCS1. The molecule has 2 atom stereocenters. The molecule has 0 bridgehead atoms. The maximum absolute atomic E-state index is 6.29. The van der Waals surface area contributed by atoms with Crippen molar-refractivity contribution in [3.8, 4) is 0 Å². The quantitative estimate of drug-likeness (QED) is 0.604. The molecule has 1 aliphatic heterocycles. The van der Waals surface area contributed by atoms with Crippen LogP contribution in [0.4, 0.5) is 0 Å². The van der Waals surface area contributed by atoms with Gasteiger partial charge in [-0.2, -0.15) is 11.8 Å². The molecular weight excluding hydrogens is 226 g/mol. The van der Waals surface area contributed by atoms with E-state index in [1.807, 2.05) is 0 Å². The summed E-state index contributed by atoms with van der Waals surface area (Å²) in [5, 5.41) is 0.767. The molecular formula is C15H31NS. The molecule has 2 heteroatoms. The van der Waals surface area contributed by atoms with E-state index in [9.17, 15) is 0 Å². The second kappa shape index (κ2) is 10.3. The van der Waals surface area contributed by atoms with Gasteiger partial charge in [0.05, 0.1) is 0 Å². The molecule has 1 aliphatic rings. The van der Waals surface area contributed by atoms with E-state index in [2.05, 4.69) is 18.7 Å². The van der Waals surface area contributed by atoms with E-state index in [4.69, 9.17) is 5.73 Å². The fourth-order valence-electron chi connectivity index (χ4n) is 2.63. The molecule has 1 rings (SSSR count). The molecule has 0 saturated carbocycles. The largest absolute Gasteiger partial charge is 0.327 e. The minimum atomic E-state index is 0.468. The lowest BCUT2D eigenvalue weighted by molar-refractivity contribution is 0.494. The molecule has 2 unspecified atom stereocenters. The number of nitrogens with two attached hydrogens (primary N) is 1. The molecule has 1 saturated heterocycles. The summed E-state index contributed by atoms with van der Waals surface area (Å²) >= 11 is 2.12.